The molecule has 3 rings (SSSR count). The molecule has 0 radical (unpaired) electrons. The molecule has 0 bridgehead atoms. The summed E-state index contributed by atoms with van der Waals surface area (Å²) in [7, 11) is -2.20. The zero-order valence-corrected chi connectivity index (χ0v) is 16.5. The van der Waals surface area contributed by atoms with Crippen molar-refractivity contribution in [3.8, 4) is 5.75 Å². The van der Waals surface area contributed by atoms with Gasteiger partial charge in [-0.1, -0.05) is 6.07 Å². The van der Waals surface area contributed by atoms with Gasteiger partial charge in [0.2, 0.25) is 10.0 Å². The molecule has 0 saturated carbocycles. The van der Waals surface area contributed by atoms with Crippen LogP contribution < -0.4 is 15.8 Å². The Bertz CT molecular complexity index is 928. The number of nitrogen functional groups attached to an aromatic ring is 1. The Morgan fingerprint density at radius 1 is 1.15 bits per heavy atom. The number of ether oxygens (including phenoxy) is 1. The average molecular weight is 412 g/mol. The molecule has 1 aliphatic heterocycles. The maximum atomic E-state index is 12.8. The summed E-state index contributed by atoms with van der Waals surface area (Å²) in [4.78, 5) is 12.4. The number of hydrogen-bond acceptors (Lipinski definition) is 5. The number of rotatable bonds is 5. The Labute approximate surface area is 165 Å². The van der Waals surface area contributed by atoms with Gasteiger partial charge in [-0.05, 0) is 43.2 Å². The third-order valence-electron chi connectivity index (χ3n) is 4.25. The number of nitrogens with two attached hydrogens (primary N) is 1. The van der Waals surface area contributed by atoms with Crippen LogP contribution in [0.5, 0.6) is 5.75 Å². The molecule has 1 aliphatic rings. The molecule has 2 aromatic rings. The zero-order valence-electron chi connectivity index (χ0n) is 14.8. The third-order valence-corrected chi connectivity index (χ3v) is 6.19. The van der Waals surface area contributed by atoms with Gasteiger partial charge in [-0.15, -0.1) is 12.4 Å². The molecule has 27 heavy (non-hydrogen) atoms. The molecule has 0 atom stereocenters. The molecule has 0 aliphatic carbocycles. The Balaban J connectivity index is 0.00000261. The van der Waals surface area contributed by atoms with Crippen molar-refractivity contribution in [1.82, 2.24) is 4.31 Å². The highest BCUT2D eigenvalue weighted by atomic mass is 35.5. The fraction of sp³-hybridized carbons (Fsp3) is 0.278. The van der Waals surface area contributed by atoms with Crippen molar-refractivity contribution in [2.75, 3.05) is 31.2 Å². The molecule has 2 aromatic carbocycles. The fourth-order valence-electron chi connectivity index (χ4n) is 2.91. The second-order valence-electron chi connectivity index (χ2n) is 6.06. The molecule has 0 spiro atoms. The van der Waals surface area contributed by atoms with Gasteiger partial charge in [-0.2, -0.15) is 4.31 Å². The van der Waals surface area contributed by atoms with Gasteiger partial charge in [0.1, 0.15) is 10.6 Å². The van der Waals surface area contributed by atoms with Crippen molar-refractivity contribution in [1.29, 1.82) is 0 Å². The predicted molar refractivity (Wildman–Crippen MR) is 107 cm³/mol. The first-order chi connectivity index (χ1) is 12.4. The lowest BCUT2D eigenvalue weighted by Gasteiger charge is -2.18. The number of methoxy groups -OCH3 is 1. The van der Waals surface area contributed by atoms with E-state index in [1.807, 2.05) is 0 Å². The van der Waals surface area contributed by atoms with E-state index < -0.39 is 10.0 Å². The summed E-state index contributed by atoms with van der Waals surface area (Å²) in [5, 5.41) is 2.73. The van der Waals surface area contributed by atoms with Crippen molar-refractivity contribution in [2.24, 2.45) is 0 Å². The number of carbonyl (C=O) groups excluding carboxylic acids is 1. The van der Waals surface area contributed by atoms with E-state index in [-0.39, 0.29) is 29.0 Å². The van der Waals surface area contributed by atoms with Gasteiger partial charge in [-0.25, -0.2) is 8.42 Å². The van der Waals surface area contributed by atoms with E-state index in [1.54, 1.807) is 30.3 Å². The molecule has 1 amide bonds. The molecule has 1 heterocycles. The molecular weight excluding hydrogens is 390 g/mol. The monoisotopic (exact) mass is 411 g/mol. The molecule has 146 valence electrons. The van der Waals surface area contributed by atoms with Crippen LogP contribution in [0.3, 0.4) is 0 Å². The van der Waals surface area contributed by atoms with E-state index in [0.717, 1.165) is 12.8 Å². The lowest BCUT2D eigenvalue weighted by Crippen LogP contribution is -2.28. The van der Waals surface area contributed by atoms with Crippen molar-refractivity contribution in [2.45, 2.75) is 17.7 Å². The first-order valence-electron chi connectivity index (χ1n) is 8.27. The minimum absolute atomic E-state index is 0. The van der Waals surface area contributed by atoms with E-state index in [2.05, 4.69) is 5.32 Å². The smallest absolute Gasteiger partial charge is 0.255 e. The second kappa shape index (κ2) is 8.60. The number of benzene rings is 2. The average Bonchev–Trinajstić information content (AvgIpc) is 3.17. The highest BCUT2D eigenvalue weighted by Crippen LogP contribution is 2.31. The number of nitrogens with one attached hydrogen (secondary N) is 1. The predicted octanol–water partition coefficient (Wildman–Crippen LogP) is 2.74. The quantitative estimate of drug-likeness (QED) is 0.736. The number of amides is 1. The van der Waals surface area contributed by atoms with Crippen molar-refractivity contribution < 1.29 is 17.9 Å². The van der Waals surface area contributed by atoms with Crippen LogP contribution in [-0.4, -0.2) is 38.8 Å². The summed E-state index contributed by atoms with van der Waals surface area (Å²) in [6.45, 7) is 1.03. The van der Waals surface area contributed by atoms with Crippen LogP contribution in [0.4, 0.5) is 11.4 Å². The highest BCUT2D eigenvalue weighted by Gasteiger charge is 2.30. The van der Waals surface area contributed by atoms with Crippen LogP contribution in [0.15, 0.2) is 47.4 Å². The minimum Gasteiger partial charge on any atom is -0.495 e. The van der Waals surface area contributed by atoms with Gasteiger partial charge in [0, 0.05) is 36.1 Å². The standard InChI is InChI=1S/C18H21N3O4S.ClH/c1-25-16-12-15(20-18(22)13-5-4-6-14(19)11-13)7-8-17(16)26(23,24)21-9-2-3-10-21;/h4-8,11-12H,2-3,9-10,19H2,1H3,(H,20,22);1H. The Hall–Kier alpha value is -2.29. The molecular formula is C18H22ClN3O4S. The van der Waals surface area contributed by atoms with Crippen molar-refractivity contribution in [3.05, 3.63) is 48.0 Å². The molecule has 0 aromatic heterocycles. The number of sulfonamides is 1. The van der Waals surface area contributed by atoms with E-state index in [4.69, 9.17) is 10.5 Å². The number of hydrogen-bond donors (Lipinski definition) is 2. The number of carbonyl (C=O) groups is 1. The van der Waals surface area contributed by atoms with Gasteiger partial charge >= 0.3 is 0 Å². The SMILES string of the molecule is COc1cc(NC(=O)c2cccc(N)c2)ccc1S(=O)(=O)N1CCCC1.Cl. The third kappa shape index (κ3) is 4.52. The highest BCUT2D eigenvalue weighted by molar-refractivity contribution is 7.89. The lowest BCUT2D eigenvalue weighted by molar-refractivity contribution is 0.102. The van der Waals surface area contributed by atoms with Crippen LogP contribution in [0.25, 0.3) is 0 Å². The van der Waals surface area contributed by atoms with Crippen molar-refractivity contribution >= 4 is 39.7 Å². The Morgan fingerprint density at radius 2 is 1.85 bits per heavy atom. The van der Waals surface area contributed by atoms with Crippen LogP contribution in [0.2, 0.25) is 0 Å². The maximum absolute atomic E-state index is 12.8. The van der Waals surface area contributed by atoms with Crippen LogP contribution in [0, 0.1) is 0 Å². The van der Waals surface area contributed by atoms with E-state index >= 15 is 0 Å². The van der Waals surface area contributed by atoms with Gasteiger partial charge in [-0.3, -0.25) is 4.79 Å². The van der Waals surface area contributed by atoms with Crippen LogP contribution in [-0.2, 0) is 10.0 Å². The van der Waals surface area contributed by atoms with Gasteiger partial charge in [0.25, 0.3) is 5.91 Å². The number of halogens is 1. The summed E-state index contributed by atoms with van der Waals surface area (Å²) >= 11 is 0. The normalized spacial score (nSPS) is 14.4. The number of anilines is 2. The van der Waals surface area contributed by atoms with Crippen LogP contribution in [0.1, 0.15) is 23.2 Å². The van der Waals surface area contributed by atoms with Gasteiger partial charge < -0.3 is 15.8 Å². The van der Waals surface area contributed by atoms with E-state index in [0.29, 0.717) is 30.0 Å². The maximum Gasteiger partial charge on any atom is 0.255 e. The molecule has 3 N–H and O–H groups in total. The summed E-state index contributed by atoms with van der Waals surface area (Å²) < 4.78 is 32.2. The second-order valence-corrected chi connectivity index (χ2v) is 7.96. The Morgan fingerprint density at radius 3 is 2.48 bits per heavy atom. The summed E-state index contributed by atoms with van der Waals surface area (Å²) in [5.74, 6) is -0.142. The first kappa shape index (κ1) is 21.0. The molecule has 9 heteroatoms. The topological polar surface area (TPSA) is 102 Å². The summed E-state index contributed by atoms with van der Waals surface area (Å²) in [6.07, 6.45) is 1.71. The number of nitrogens with zero attached hydrogens (tertiary/aromatic N) is 1. The molecule has 0 unspecified atom stereocenters. The lowest BCUT2D eigenvalue weighted by atomic mass is 10.2. The van der Waals surface area contributed by atoms with Crippen molar-refractivity contribution in [3.63, 3.8) is 0 Å². The first-order valence-corrected chi connectivity index (χ1v) is 9.71. The largest absolute Gasteiger partial charge is 0.495 e. The molecule has 7 nitrogen and oxygen atoms in total. The zero-order chi connectivity index (χ0) is 18.7. The van der Waals surface area contributed by atoms with Gasteiger partial charge in [0.15, 0.2) is 0 Å². The summed E-state index contributed by atoms with van der Waals surface area (Å²) in [5.41, 5.74) is 7.03. The van der Waals surface area contributed by atoms with Gasteiger partial charge in [0.05, 0.1) is 7.11 Å². The molecule has 1 fully saturated rings. The van der Waals surface area contributed by atoms with Crippen LogP contribution >= 0.6 is 12.4 Å². The summed E-state index contributed by atoms with van der Waals surface area (Å²) in [6, 6.07) is 11.1. The Kier molecular flexibility index (Phi) is 6.69. The minimum atomic E-state index is -3.61. The fourth-order valence-corrected chi connectivity index (χ4v) is 4.56. The van der Waals surface area contributed by atoms with E-state index in [9.17, 15) is 13.2 Å². The van der Waals surface area contributed by atoms with E-state index in [1.165, 1.54) is 23.5 Å². The molecule has 1 saturated heterocycles.